The van der Waals surface area contributed by atoms with Crippen LogP contribution in [0.15, 0.2) is 41.3 Å². The van der Waals surface area contributed by atoms with E-state index in [9.17, 15) is 8.42 Å². The molecule has 2 aromatic carbocycles. The van der Waals surface area contributed by atoms with Crippen LogP contribution in [0.2, 0.25) is 10.0 Å². The summed E-state index contributed by atoms with van der Waals surface area (Å²) in [6, 6.07) is 9.18. The van der Waals surface area contributed by atoms with E-state index in [-0.39, 0.29) is 9.92 Å². The predicted molar refractivity (Wildman–Crippen MR) is 87.5 cm³/mol. The van der Waals surface area contributed by atoms with Gasteiger partial charge in [-0.25, -0.2) is 8.42 Å². The molecular weight excluding hydrogens is 331 g/mol. The molecule has 2 rings (SSSR count). The highest BCUT2D eigenvalue weighted by molar-refractivity contribution is 7.92. The molecule has 0 heterocycles. The van der Waals surface area contributed by atoms with Crippen molar-refractivity contribution in [1.82, 2.24) is 0 Å². The summed E-state index contributed by atoms with van der Waals surface area (Å²) in [5.74, 6) is 0. The number of nitrogens with two attached hydrogens (primary N) is 1. The van der Waals surface area contributed by atoms with Crippen LogP contribution in [0.4, 0.5) is 11.4 Å². The zero-order valence-electron chi connectivity index (χ0n) is 11.2. The van der Waals surface area contributed by atoms with Crippen molar-refractivity contribution < 1.29 is 8.42 Å². The summed E-state index contributed by atoms with van der Waals surface area (Å²) in [6.45, 7) is 1.95. The van der Waals surface area contributed by atoms with Gasteiger partial charge in [-0.15, -0.1) is 0 Å². The van der Waals surface area contributed by atoms with Crippen LogP contribution in [0.1, 0.15) is 12.5 Å². The molecule has 0 saturated heterocycles. The maximum atomic E-state index is 12.3. The van der Waals surface area contributed by atoms with Crippen molar-refractivity contribution in [3.05, 3.63) is 52.0 Å². The molecule has 0 unspecified atom stereocenters. The van der Waals surface area contributed by atoms with E-state index < -0.39 is 10.0 Å². The number of sulfonamides is 1. The Morgan fingerprint density at radius 2 is 1.81 bits per heavy atom. The molecule has 3 N–H and O–H groups in total. The average molecular weight is 345 g/mol. The summed E-state index contributed by atoms with van der Waals surface area (Å²) in [6.07, 6.45) is 0.742. The molecule has 2 aromatic rings. The van der Waals surface area contributed by atoms with E-state index in [0.29, 0.717) is 16.4 Å². The number of hydrogen-bond acceptors (Lipinski definition) is 3. The van der Waals surface area contributed by atoms with Gasteiger partial charge in [0.25, 0.3) is 10.0 Å². The third-order valence-corrected chi connectivity index (χ3v) is 5.10. The molecular formula is C14H14Cl2N2O2S. The zero-order valence-corrected chi connectivity index (χ0v) is 13.6. The van der Waals surface area contributed by atoms with Gasteiger partial charge in [0.15, 0.2) is 0 Å². The van der Waals surface area contributed by atoms with E-state index in [1.165, 1.54) is 30.3 Å². The largest absolute Gasteiger partial charge is 0.398 e. The molecule has 0 atom stereocenters. The van der Waals surface area contributed by atoms with Crippen molar-refractivity contribution in [3.63, 3.8) is 0 Å². The normalized spacial score (nSPS) is 11.4. The molecule has 4 nitrogen and oxygen atoms in total. The van der Waals surface area contributed by atoms with Crippen LogP contribution in [0, 0.1) is 0 Å². The number of nitrogens with one attached hydrogen (secondary N) is 1. The van der Waals surface area contributed by atoms with E-state index in [4.69, 9.17) is 28.9 Å². The molecule has 0 aliphatic rings. The molecule has 0 fully saturated rings. The number of benzene rings is 2. The molecule has 0 aliphatic carbocycles. The fraction of sp³-hybridized carbons (Fsp3) is 0.143. The smallest absolute Gasteiger partial charge is 0.261 e. The lowest BCUT2D eigenvalue weighted by atomic mass is 10.1. The van der Waals surface area contributed by atoms with Gasteiger partial charge < -0.3 is 5.73 Å². The van der Waals surface area contributed by atoms with Crippen LogP contribution in [-0.2, 0) is 16.4 Å². The molecule has 7 heteroatoms. The molecule has 0 spiro atoms. The number of hydrogen-bond donors (Lipinski definition) is 2. The molecule has 0 bridgehead atoms. The molecule has 0 aromatic heterocycles. The number of halogens is 2. The van der Waals surface area contributed by atoms with Gasteiger partial charge in [-0.3, -0.25) is 4.72 Å². The van der Waals surface area contributed by atoms with E-state index in [2.05, 4.69) is 4.72 Å². The molecule has 0 amide bonds. The highest BCUT2D eigenvalue weighted by Crippen LogP contribution is 2.27. The number of anilines is 2. The molecule has 0 saturated carbocycles. The zero-order chi connectivity index (χ0) is 15.6. The summed E-state index contributed by atoms with van der Waals surface area (Å²) in [5.41, 5.74) is 7.53. The van der Waals surface area contributed by atoms with Gasteiger partial charge in [-0.2, -0.15) is 0 Å². The predicted octanol–water partition coefficient (Wildman–Crippen LogP) is 3.94. The first-order valence-corrected chi connectivity index (χ1v) is 8.43. The maximum Gasteiger partial charge on any atom is 0.261 e. The van der Waals surface area contributed by atoms with E-state index >= 15 is 0 Å². The van der Waals surface area contributed by atoms with Crippen molar-refractivity contribution in [2.24, 2.45) is 0 Å². The Morgan fingerprint density at radius 3 is 2.38 bits per heavy atom. The maximum absolute atomic E-state index is 12.3. The first-order valence-electron chi connectivity index (χ1n) is 6.19. The fourth-order valence-corrected chi connectivity index (χ4v) is 3.22. The van der Waals surface area contributed by atoms with Crippen LogP contribution < -0.4 is 10.5 Å². The topological polar surface area (TPSA) is 72.2 Å². The third kappa shape index (κ3) is 3.61. The van der Waals surface area contributed by atoms with Crippen molar-refractivity contribution in [2.45, 2.75) is 18.2 Å². The lowest BCUT2D eigenvalue weighted by Crippen LogP contribution is -2.13. The second-order valence-electron chi connectivity index (χ2n) is 4.45. The minimum Gasteiger partial charge on any atom is -0.398 e. The van der Waals surface area contributed by atoms with Crippen molar-refractivity contribution in [1.29, 1.82) is 0 Å². The summed E-state index contributed by atoms with van der Waals surface area (Å²) in [5, 5.41) is 0.633. The average Bonchev–Trinajstić information content (AvgIpc) is 2.42. The summed E-state index contributed by atoms with van der Waals surface area (Å²) in [4.78, 5) is 0.100. The van der Waals surface area contributed by atoms with Crippen molar-refractivity contribution >= 4 is 44.6 Å². The van der Waals surface area contributed by atoms with Gasteiger partial charge >= 0.3 is 0 Å². The molecule has 0 radical (unpaired) electrons. The summed E-state index contributed by atoms with van der Waals surface area (Å²) >= 11 is 11.7. The van der Waals surface area contributed by atoms with Crippen LogP contribution in [-0.4, -0.2) is 8.42 Å². The highest BCUT2D eigenvalue weighted by Gasteiger charge is 2.16. The Balaban J connectivity index is 2.33. The highest BCUT2D eigenvalue weighted by atomic mass is 35.5. The summed E-state index contributed by atoms with van der Waals surface area (Å²) < 4.78 is 27.1. The number of rotatable bonds is 4. The Morgan fingerprint density at radius 1 is 1.10 bits per heavy atom. The third-order valence-electron chi connectivity index (χ3n) is 2.98. The minimum atomic E-state index is -3.72. The molecule has 21 heavy (non-hydrogen) atoms. The quantitative estimate of drug-likeness (QED) is 0.825. The lowest BCUT2D eigenvalue weighted by Gasteiger charge is -2.11. The van der Waals surface area contributed by atoms with Gasteiger partial charge in [0.05, 0.1) is 20.6 Å². The monoisotopic (exact) mass is 344 g/mol. The molecule has 112 valence electrons. The van der Waals surface area contributed by atoms with Gasteiger partial charge in [-0.1, -0.05) is 36.2 Å². The van der Waals surface area contributed by atoms with Gasteiger partial charge in [-0.05, 0) is 42.3 Å². The Labute approximate surface area is 133 Å². The first kappa shape index (κ1) is 15.9. The van der Waals surface area contributed by atoms with Crippen LogP contribution in [0.3, 0.4) is 0 Å². The Hall–Kier alpha value is -1.43. The fourth-order valence-electron chi connectivity index (χ4n) is 1.84. The second kappa shape index (κ2) is 6.13. The van der Waals surface area contributed by atoms with Crippen LogP contribution in [0.25, 0.3) is 0 Å². The summed E-state index contributed by atoms with van der Waals surface area (Å²) in [7, 11) is -3.72. The van der Waals surface area contributed by atoms with Gasteiger partial charge in [0.1, 0.15) is 0 Å². The SMILES string of the molecule is CCc1ccc(S(=O)(=O)Nc2ccc(Cl)c(Cl)c2)cc1N. The van der Waals surface area contributed by atoms with Crippen LogP contribution in [0.5, 0.6) is 0 Å². The minimum absolute atomic E-state index is 0.100. The van der Waals surface area contributed by atoms with Crippen molar-refractivity contribution in [3.8, 4) is 0 Å². The van der Waals surface area contributed by atoms with Gasteiger partial charge in [0, 0.05) is 5.69 Å². The Bertz CT molecular complexity index is 777. The standard InChI is InChI=1S/C14H14Cl2N2O2S/c1-2-9-3-5-11(8-14(9)17)21(19,20)18-10-4-6-12(15)13(16)7-10/h3-8,18H,2,17H2,1H3. The molecule has 0 aliphatic heterocycles. The first-order chi connectivity index (χ1) is 9.83. The number of aryl methyl sites for hydroxylation is 1. The second-order valence-corrected chi connectivity index (χ2v) is 6.95. The van der Waals surface area contributed by atoms with Crippen LogP contribution >= 0.6 is 23.2 Å². The number of nitrogen functional groups attached to an aromatic ring is 1. The van der Waals surface area contributed by atoms with E-state index in [1.54, 1.807) is 6.07 Å². The lowest BCUT2D eigenvalue weighted by molar-refractivity contribution is 0.601. The van der Waals surface area contributed by atoms with Gasteiger partial charge in [0.2, 0.25) is 0 Å². The van der Waals surface area contributed by atoms with Crippen molar-refractivity contribution in [2.75, 3.05) is 10.5 Å². The van der Waals surface area contributed by atoms with E-state index in [0.717, 1.165) is 12.0 Å². The Kier molecular flexibility index (Phi) is 4.66. The van der Waals surface area contributed by atoms with E-state index in [1.807, 2.05) is 6.92 Å².